The Morgan fingerprint density at radius 1 is 1.23 bits per heavy atom. The molecule has 26 heavy (non-hydrogen) atoms. The van der Waals surface area contributed by atoms with E-state index in [1.165, 1.54) is 11.3 Å². The quantitative estimate of drug-likeness (QED) is 0.577. The zero-order valence-corrected chi connectivity index (χ0v) is 14.5. The van der Waals surface area contributed by atoms with Crippen LogP contribution in [0.25, 0.3) is 22.2 Å². The van der Waals surface area contributed by atoms with Gasteiger partial charge in [0.15, 0.2) is 10.8 Å². The van der Waals surface area contributed by atoms with Crippen LogP contribution >= 0.6 is 11.3 Å². The first-order valence-electron chi connectivity index (χ1n) is 7.73. The molecule has 9 heteroatoms. The lowest BCUT2D eigenvalue weighted by Crippen LogP contribution is -2.24. The molecule has 1 amide bonds. The van der Waals surface area contributed by atoms with Gasteiger partial charge in [-0.2, -0.15) is 4.98 Å². The van der Waals surface area contributed by atoms with Gasteiger partial charge in [-0.1, -0.05) is 5.16 Å². The number of nitrogens with zero attached hydrogens (tertiary/aromatic N) is 4. The molecular weight excluding hydrogens is 354 g/mol. The van der Waals surface area contributed by atoms with Crippen LogP contribution in [0.1, 0.15) is 21.3 Å². The lowest BCUT2D eigenvalue weighted by atomic mass is 10.2. The summed E-state index contributed by atoms with van der Waals surface area (Å²) in [5.41, 5.74) is 1.15. The second-order valence-electron chi connectivity index (χ2n) is 5.33. The number of thiazole rings is 1. The molecule has 0 aliphatic rings. The van der Waals surface area contributed by atoms with E-state index in [2.05, 4.69) is 25.4 Å². The van der Waals surface area contributed by atoms with Crippen molar-refractivity contribution in [3.8, 4) is 22.2 Å². The summed E-state index contributed by atoms with van der Waals surface area (Å²) in [5.74, 6) is 1.09. The highest BCUT2D eigenvalue weighted by molar-refractivity contribution is 7.15. The molecule has 4 rings (SSSR count). The Hall–Kier alpha value is -3.33. The molecule has 4 aromatic rings. The number of pyridine rings is 1. The van der Waals surface area contributed by atoms with E-state index in [1.54, 1.807) is 42.9 Å². The zero-order valence-electron chi connectivity index (χ0n) is 13.7. The van der Waals surface area contributed by atoms with Gasteiger partial charge in [0.25, 0.3) is 5.91 Å². The van der Waals surface area contributed by atoms with E-state index in [9.17, 15) is 4.79 Å². The van der Waals surface area contributed by atoms with E-state index in [0.29, 0.717) is 28.2 Å². The predicted octanol–water partition coefficient (Wildman–Crippen LogP) is 3.09. The van der Waals surface area contributed by atoms with Crippen molar-refractivity contribution in [3.63, 3.8) is 0 Å². The third-order valence-electron chi connectivity index (χ3n) is 3.55. The summed E-state index contributed by atoms with van der Waals surface area (Å²) in [6.07, 6.45) is 4.87. The molecule has 0 spiro atoms. The van der Waals surface area contributed by atoms with Crippen molar-refractivity contribution in [2.45, 2.75) is 13.5 Å². The Kier molecular flexibility index (Phi) is 4.28. The van der Waals surface area contributed by atoms with E-state index in [0.717, 1.165) is 10.4 Å². The maximum atomic E-state index is 12.4. The van der Waals surface area contributed by atoms with Gasteiger partial charge in [0.05, 0.1) is 12.8 Å². The lowest BCUT2D eigenvalue weighted by molar-refractivity contribution is 0.0941. The number of carbonyl (C=O) groups excluding carboxylic acids is 1. The number of nitrogens with one attached hydrogen (secondary N) is 1. The maximum absolute atomic E-state index is 12.4. The maximum Gasteiger partial charge on any atom is 0.271 e. The summed E-state index contributed by atoms with van der Waals surface area (Å²) in [5, 5.41) is 7.31. The van der Waals surface area contributed by atoms with Crippen molar-refractivity contribution in [2.75, 3.05) is 0 Å². The minimum absolute atomic E-state index is 0.115. The number of hydrogen-bond acceptors (Lipinski definition) is 8. The van der Waals surface area contributed by atoms with Crippen LogP contribution < -0.4 is 5.32 Å². The number of carbonyl (C=O) groups is 1. The number of furan rings is 1. The molecule has 0 saturated heterocycles. The van der Waals surface area contributed by atoms with Gasteiger partial charge in [0, 0.05) is 22.8 Å². The van der Waals surface area contributed by atoms with Gasteiger partial charge in [0.2, 0.25) is 11.7 Å². The zero-order chi connectivity index (χ0) is 17.9. The molecule has 0 atom stereocenters. The van der Waals surface area contributed by atoms with E-state index in [1.807, 2.05) is 6.92 Å². The van der Waals surface area contributed by atoms with Crippen LogP contribution in [0.15, 0.2) is 51.9 Å². The Bertz CT molecular complexity index is 1020. The summed E-state index contributed by atoms with van der Waals surface area (Å²) in [7, 11) is 0. The van der Waals surface area contributed by atoms with E-state index < -0.39 is 0 Å². The predicted molar refractivity (Wildman–Crippen MR) is 93.3 cm³/mol. The van der Waals surface area contributed by atoms with Gasteiger partial charge in [-0.3, -0.25) is 9.78 Å². The largest absolute Gasteiger partial charge is 0.462 e. The fourth-order valence-corrected chi connectivity index (χ4v) is 3.18. The van der Waals surface area contributed by atoms with Gasteiger partial charge in [-0.15, -0.1) is 11.3 Å². The van der Waals surface area contributed by atoms with Crippen LogP contribution in [0.5, 0.6) is 0 Å². The third-order valence-corrected chi connectivity index (χ3v) is 4.54. The summed E-state index contributed by atoms with van der Waals surface area (Å²) >= 11 is 1.40. The van der Waals surface area contributed by atoms with Crippen molar-refractivity contribution < 1.29 is 13.7 Å². The minimum Gasteiger partial charge on any atom is -0.462 e. The first-order valence-corrected chi connectivity index (χ1v) is 8.55. The summed E-state index contributed by atoms with van der Waals surface area (Å²) in [6, 6.07) is 7.14. The van der Waals surface area contributed by atoms with Crippen molar-refractivity contribution in [2.24, 2.45) is 0 Å². The molecule has 0 aliphatic heterocycles. The molecule has 130 valence electrons. The minimum atomic E-state index is -0.305. The molecule has 1 N–H and O–H groups in total. The summed E-state index contributed by atoms with van der Waals surface area (Å²) in [6.45, 7) is 1.96. The van der Waals surface area contributed by atoms with Gasteiger partial charge in [0.1, 0.15) is 5.69 Å². The number of amides is 1. The summed E-state index contributed by atoms with van der Waals surface area (Å²) in [4.78, 5) is 25.8. The lowest BCUT2D eigenvalue weighted by Gasteiger charge is -1.99. The second-order valence-corrected chi connectivity index (χ2v) is 6.53. The first-order chi connectivity index (χ1) is 12.7. The van der Waals surface area contributed by atoms with Crippen molar-refractivity contribution >= 4 is 17.2 Å². The number of aromatic nitrogens is 4. The molecule has 4 heterocycles. The second kappa shape index (κ2) is 6.89. The van der Waals surface area contributed by atoms with Crippen LogP contribution in [0.3, 0.4) is 0 Å². The molecule has 0 fully saturated rings. The van der Waals surface area contributed by atoms with E-state index in [4.69, 9.17) is 8.94 Å². The van der Waals surface area contributed by atoms with Crippen molar-refractivity contribution in [1.82, 2.24) is 25.4 Å². The van der Waals surface area contributed by atoms with E-state index in [-0.39, 0.29) is 12.5 Å². The first kappa shape index (κ1) is 16.2. The summed E-state index contributed by atoms with van der Waals surface area (Å²) < 4.78 is 10.5. The average molecular weight is 367 g/mol. The monoisotopic (exact) mass is 367 g/mol. The highest BCUT2D eigenvalue weighted by Crippen LogP contribution is 2.27. The number of hydrogen-bond donors (Lipinski definition) is 1. The molecule has 0 radical (unpaired) electrons. The Balaban J connectivity index is 1.44. The third kappa shape index (κ3) is 3.24. The average Bonchev–Trinajstić information content (AvgIpc) is 3.41. The van der Waals surface area contributed by atoms with Crippen LogP contribution in [-0.4, -0.2) is 26.0 Å². The SMILES string of the molecule is Cc1sc(-c2ccco2)nc1C(=O)NCc1nc(-c2ccncc2)no1. The molecule has 0 unspecified atom stereocenters. The van der Waals surface area contributed by atoms with Crippen LogP contribution in [-0.2, 0) is 6.54 Å². The Labute approximate surface area is 151 Å². The standard InChI is InChI=1S/C17H13N5O3S/c1-10-14(21-17(26-10)12-3-2-8-24-12)16(23)19-9-13-20-15(22-25-13)11-4-6-18-7-5-11/h2-8H,9H2,1H3,(H,19,23). The topological polar surface area (TPSA) is 107 Å². The molecule has 0 saturated carbocycles. The fourth-order valence-electron chi connectivity index (χ4n) is 2.30. The normalized spacial score (nSPS) is 10.8. The molecular formula is C17H13N5O3S. The van der Waals surface area contributed by atoms with Crippen molar-refractivity contribution in [3.05, 3.63) is 59.4 Å². The number of aryl methyl sites for hydroxylation is 1. The van der Waals surface area contributed by atoms with Gasteiger partial charge in [-0.05, 0) is 31.2 Å². The fraction of sp³-hybridized carbons (Fsp3) is 0.118. The van der Waals surface area contributed by atoms with Crippen LogP contribution in [0.4, 0.5) is 0 Å². The van der Waals surface area contributed by atoms with Crippen LogP contribution in [0.2, 0.25) is 0 Å². The molecule has 0 aliphatic carbocycles. The molecule has 8 nitrogen and oxygen atoms in total. The highest BCUT2D eigenvalue weighted by atomic mass is 32.1. The van der Waals surface area contributed by atoms with Crippen molar-refractivity contribution in [1.29, 1.82) is 0 Å². The van der Waals surface area contributed by atoms with Crippen LogP contribution in [0, 0.1) is 6.92 Å². The Morgan fingerprint density at radius 2 is 2.08 bits per heavy atom. The molecule has 0 bridgehead atoms. The molecule has 0 aromatic carbocycles. The van der Waals surface area contributed by atoms with Gasteiger partial charge >= 0.3 is 0 Å². The van der Waals surface area contributed by atoms with Gasteiger partial charge in [-0.25, -0.2) is 4.98 Å². The van der Waals surface area contributed by atoms with E-state index >= 15 is 0 Å². The highest BCUT2D eigenvalue weighted by Gasteiger charge is 2.18. The molecule has 4 aromatic heterocycles. The Morgan fingerprint density at radius 3 is 2.85 bits per heavy atom. The van der Waals surface area contributed by atoms with Gasteiger partial charge < -0.3 is 14.3 Å². The number of rotatable bonds is 5. The smallest absolute Gasteiger partial charge is 0.271 e.